The van der Waals surface area contributed by atoms with Crippen molar-refractivity contribution in [1.29, 1.82) is 0 Å². The molecule has 1 N–H and O–H groups in total. The van der Waals surface area contributed by atoms with E-state index in [0.717, 1.165) is 39.0 Å². The van der Waals surface area contributed by atoms with Crippen LogP contribution in [0.4, 0.5) is 4.39 Å². The van der Waals surface area contributed by atoms with Gasteiger partial charge in [0.15, 0.2) is 5.78 Å². The van der Waals surface area contributed by atoms with Crippen LogP contribution in [0, 0.1) is 11.7 Å². The molecule has 0 unspecified atom stereocenters. The Balaban J connectivity index is 1.38. The molecule has 0 saturated carbocycles. The van der Waals surface area contributed by atoms with E-state index in [9.17, 15) is 9.18 Å². The zero-order valence-electron chi connectivity index (χ0n) is 16.5. The van der Waals surface area contributed by atoms with Gasteiger partial charge in [0.25, 0.3) is 0 Å². The second kappa shape index (κ2) is 10.5. The number of halogens is 1. The van der Waals surface area contributed by atoms with Crippen molar-refractivity contribution in [3.63, 3.8) is 0 Å². The molecule has 0 spiro atoms. The van der Waals surface area contributed by atoms with E-state index in [4.69, 9.17) is 4.74 Å². The number of nitrogens with one attached hydrogen (secondary N) is 1. The van der Waals surface area contributed by atoms with Crippen LogP contribution >= 0.6 is 0 Å². The number of hydrogen-bond donors (Lipinski definition) is 1. The Hall–Kier alpha value is -2.08. The molecule has 1 saturated heterocycles. The number of carbonyl (C=O) groups is 1. The van der Waals surface area contributed by atoms with Crippen LogP contribution in [0.15, 0.2) is 48.5 Å². The van der Waals surface area contributed by atoms with E-state index < -0.39 is 0 Å². The second-order valence-electron chi connectivity index (χ2n) is 7.48. The molecule has 0 amide bonds. The first-order chi connectivity index (χ1) is 13.7. The quantitative estimate of drug-likeness (QED) is 0.670. The van der Waals surface area contributed by atoms with Gasteiger partial charge in [-0.05, 0) is 73.8 Å². The Morgan fingerprint density at radius 2 is 1.79 bits per heavy atom. The van der Waals surface area contributed by atoms with Gasteiger partial charge in [-0.15, -0.1) is 0 Å². The number of carbonyl (C=O) groups excluding carboxylic acids is 1. The lowest BCUT2D eigenvalue weighted by Crippen LogP contribution is -2.39. The van der Waals surface area contributed by atoms with Crippen molar-refractivity contribution < 1.29 is 13.9 Å². The third-order valence-corrected chi connectivity index (χ3v) is 5.41. The average molecular weight is 384 g/mol. The monoisotopic (exact) mass is 384 g/mol. The van der Waals surface area contributed by atoms with Gasteiger partial charge in [0.05, 0.1) is 13.2 Å². The van der Waals surface area contributed by atoms with Crippen LogP contribution < -0.4 is 5.32 Å². The number of ketones is 1. The highest BCUT2D eigenvalue weighted by atomic mass is 19.1. The molecule has 1 heterocycles. The average Bonchev–Trinajstić information content (AvgIpc) is 2.71. The zero-order chi connectivity index (χ0) is 19.8. The smallest absolute Gasteiger partial charge is 0.176 e. The maximum absolute atomic E-state index is 13.0. The normalized spacial score (nSPS) is 15.6. The van der Waals surface area contributed by atoms with Crippen LogP contribution in [0.3, 0.4) is 0 Å². The molecule has 2 aromatic carbocycles. The van der Waals surface area contributed by atoms with Gasteiger partial charge in [-0.2, -0.15) is 0 Å². The van der Waals surface area contributed by atoms with Gasteiger partial charge in [0, 0.05) is 19.2 Å². The summed E-state index contributed by atoms with van der Waals surface area (Å²) in [5.74, 6) is 0.382. The lowest BCUT2D eigenvalue weighted by molar-refractivity contribution is 0.0895. The summed E-state index contributed by atoms with van der Waals surface area (Å²) in [6.07, 6.45) is 2.17. The van der Waals surface area contributed by atoms with Gasteiger partial charge in [0.2, 0.25) is 0 Å². The van der Waals surface area contributed by atoms with E-state index >= 15 is 0 Å². The number of nitrogens with zero attached hydrogens (tertiary/aromatic N) is 1. The maximum Gasteiger partial charge on any atom is 0.176 e. The molecule has 2 aromatic rings. The molecule has 1 fully saturated rings. The first-order valence-corrected chi connectivity index (χ1v) is 9.93. The molecule has 0 aromatic heterocycles. The largest absolute Gasteiger partial charge is 0.380 e. The van der Waals surface area contributed by atoms with Crippen LogP contribution in [-0.4, -0.2) is 44.0 Å². The van der Waals surface area contributed by atoms with Crippen molar-refractivity contribution in [1.82, 2.24) is 10.2 Å². The van der Waals surface area contributed by atoms with E-state index in [1.807, 2.05) is 6.07 Å². The van der Waals surface area contributed by atoms with Crippen molar-refractivity contribution in [3.05, 3.63) is 71.0 Å². The molecule has 150 valence electrons. The molecule has 4 nitrogen and oxygen atoms in total. The molecule has 5 heteroatoms. The van der Waals surface area contributed by atoms with Crippen molar-refractivity contribution in [2.75, 3.05) is 33.3 Å². The third-order valence-electron chi connectivity index (χ3n) is 5.41. The van der Waals surface area contributed by atoms with Gasteiger partial charge < -0.3 is 10.1 Å². The molecule has 1 aliphatic rings. The van der Waals surface area contributed by atoms with Gasteiger partial charge in [-0.3, -0.25) is 9.69 Å². The van der Waals surface area contributed by atoms with Crippen LogP contribution in [-0.2, 0) is 17.9 Å². The summed E-state index contributed by atoms with van der Waals surface area (Å²) in [5.41, 5.74) is 3.10. The van der Waals surface area contributed by atoms with Crippen molar-refractivity contribution in [3.8, 4) is 0 Å². The number of piperidine rings is 1. The lowest BCUT2D eigenvalue weighted by Gasteiger charge is -2.31. The van der Waals surface area contributed by atoms with E-state index in [0.29, 0.717) is 24.6 Å². The SMILES string of the molecule is COCc1ccccc1CNCC1CCN(CC(=O)c2ccc(F)cc2)CC1. The van der Waals surface area contributed by atoms with Crippen LogP contribution in [0.25, 0.3) is 0 Å². The Kier molecular flexibility index (Phi) is 7.71. The van der Waals surface area contributed by atoms with E-state index in [1.54, 1.807) is 19.2 Å². The lowest BCUT2D eigenvalue weighted by atomic mass is 9.96. The highest BCUT2D eigenvalue weighted by Gasteiger charge is 2.21. The van der Waals surface area contributed by atoms with E-state index in [2.05, 4.69) is 28.4 Å². The Morgan fingerprint density at radius 3 is 2.46 bits per heavy atom. The van der Waals surface area contributed by atoms with Crippen molar-refractivity contribution in [2.24, 2.45) is 5.92 Å². The fourth-order valence-electron chi connectivity index (χ4n) is 3.72. The van der Waals surface area contributed by atoms with E-state index in [1.165, 1.54) is 23.3 Å². The summed E-state index contributed by atoms with van der Waals surface area (Å²) in [5, 5.41) is 3.58. The summed E-state index contributed by atoms with van der Waals surface area (Å²) >= 11 is 0. The molecule has 28 heavy (non-hydrogen) atoms. The van der Waals surface area contributed by atoms with Gasteiger partial charge in [-0.25, -0.2) is 4.39 Å². The number of hydrogen-bond acceptors (Lipinski definition) is 4. The summed E-state index contributed by atoms with van der Waals surface area (Å²) < 4.78 is 18.3. The van der Waals surface area contributed by atoms with Crippen molar-refractivity contribution >= 4 is 5.78 Å². The van der Waals surface area contributed by atoms with Crippen molar-refractivity contribution in [2.45, 2.75) is 26.0 Å². The highest BCUT2D eigenvalue weighted by molar-refractivity contribution is 5.97. The molecule has 3 rings (SSSR count). The van der Waals surface area contributed by atoms with E-state index in [-0.39, 0.29) is 11.6 Å². The first kappa shape index (κ1) is 20.6. The van der Waals surface area contributed by atoms with Crippen LogP contribution in [0.2, 0.25) is 0 Å². The molecule has 1 aliphatic heterocycles. The van der Waals surface area contributed by atoms with Crippen LogP contribution in [0.5, 0.6) is 0 Å². The number of Topliss-reactive ketones (excluding diaryl/α,β-unsaturated/α-hetero) is 1. The standard InChI is InChI=1S/C23H29FN2O2/c1-28-17-21-5-3-2-4-20(21)15-25-14-18-10-12-26(13-11-18)16-23(27)19-6-8-22(24)9-7-19/h2-9,18,25H,10-17H2,1H3. The molecule has 0 atom stereocenters. The number of likely N-dealkylation sites (tertiary alicyclic amines) is 1. The molecule has 0 radical (unpaired) electrons. The Bertz CT molecular complexity index is 755. The third kappa shape index (κ3) is 5.96. The Morgan fingerprint density at radius 1 is 1.11 bits per heavy atom. The maximum atomic E-state index is 13.0. The van der Waals surface area contributed by atoms with Crippen LogP contribution in [0.1, 0.15) is 34.3 Å². The predicted molar refractivity (Wildman–Crippen MR) is 109 cm³/mol. The molecular weight excluding hydrogens is 355 g/mol. The highest BCUT2D eigenvalue weighted by Crippen LogP contribution is 2.18. The summed E-state index contributed by atoms with van der Waals surface area (Å²) in [4.78, 5) is 14.5. The minimum Gasteiger partial charge on any atom is -0.380 e. The topological polar surface area (TPSA) is 41.6 Å². The second-order valence-corrected chi connectivity index (χ2v) is 7.48. The first-order valence-electron chi connectivity index (χ1n) is 9.93. The summed E-state index contributed by atoms with van der Waals surface area (Å²) in [7, 11) is 1.72. The molecular formula is C23H29FN2O2. The fourth-order valence-corrected chi connectivity index (χ4v) is 3.72. The summed E-state index contributed by atoms with van der Waals surface area (Å²) in [6.45, 7) is 4.75. The molecule has 0 bridgehead atoms. The zero-order valence-corrected chi connectivity index (χ0v) is 16.5. The number of methoxy groups -OCH3 is 1. The molecule has 0 aliphatic carbocycles. The number of ether oxygens (including phenoxy) is 1. The van der Waals surface area contributed by atoms with Gasteiger partial charge in [0.1, 0.15) is 5.82 Å². The Labute approximate surface area is 166 Å². The fraction of sp³-hybridized carbons (Fsp3) is 0.435. The number of rotatable bonds is 9. The summed E-state index contributed by atoms with van der Waals surface area (Å²) in [6, 6.07) is 14.2. The number of benzene rings is 2. The minimum atomic E-state index is -0.310. The van der Waals surface area contributed by atoms with Gasteiger partial charge in [-0.1, -0.05) is 24.3 Å². The minimum absolute atomic E-state index is 0.0614. The predicted octanol–water partition coefficient (Wildman–Crippen LogP) is 3.66. The van der Waals surface area contributed by atoms with Gasteiger partial charge >= 0.3 is 0 Å².